The van der Waals surface area contributed by atoms with Crippen LogP contribution < -0.4 is 10.6 Å². The third kappa shape index (κ3) is 3.95. The van der Waals surface area contributed by atoms with Crippen molar-refractivity contribution in [1.82, 2.24) is 5.32 Å². The predicted octanol–water partition coefficient (Wildman–Crippen LogP) is 3.71. The molecule has 1 aliphatic heterocycles. The average Bonchev–Trinajstić information content (AvgIpc) is 2.88. The maximum atomic E-state index is 13.8. The number of halogens is 1. The fourth-order valence-electron chi connectivity index (χ4n) is 2.22. The quantitative estimate of drug-likeness (QED) is 0.822. The summed E-state index contributed by atoms with van der Waals surface area (Å²) in [6, 6.07) is 11.0. The second kappa shape index (κ2) is 6.90. The molecule has 2 N–H and O–H groups in total. The van der Waals surface area contributed by atoms with Crippen LogP contribution in [0.15, 0.2) is 47.4 Å². The summed E-state index contributed by atoms with van der Waals surface area (Å²) in [4.78, 5) is 35.1. The van der Waals surface area contributed by atoms with Gasteiger partial charge in [0.15, 0.2) is 0 Å². The molecule has 0 saturated carbocycles. The first kappa shape index (κ1) is 16.9. The normalized spacial score (nSPS) is 15.4. The van der Waals surface area contributed by atoms with E-state index < -0.39 is 22.9 Å². The minimum absolute atomic E-state index is 0.110. The minimum atomic E-state index is -0.497. The molecule has 0 spiro atoms. The zero-order valence-corrected chi connectivity index (χ0v) is 13.9. The molecule has 0 aromatic heterocycles. The Hall–Kier alpha value is -2.93. The van der Waals surface area contributed by atoms with Crippen molar-refractivity contribution in [2.45, 2.75) is 6.92 Å². The summed E-state index contributed by atoms with van der Waals surface area (Å²) in [6.45, 7) is 1.76. The first-order valence-corrected chi connectivity index (χ1v) is 8.16. The van der Waals surface area contributed by atoms with Gasteiger partial charge in [-0.2, -0.15) is 0 Å². The van der Waals surface area contributed by atoms with E-state index in [1.165, 1.54) is 12.1 Å². The highest BCUT2D eigenvalue weighted by atomic mass is 32.2. The summed E-state index contributed by atoms with van der Waals surface area (Å²) < 4.78 is 13.8. The molecule has 7 heteroatoms. The maximum absolute atomic E-state index is 13.8. The Balaban J connectivity index is 1.73. The fraction of sp³-hybridized carbons (Fsp3) is 0.0556. The van der Waals surface area contributed by atoms with Crippen molar-refractivity contribution in [3.63, 3.8) is 0 Å². The summed E-state index contributed by atoms with van der Waals surface area (Å²) in [5.41, 5.74) is 1.90. The molecule has 1 aliphatic rings. The number of aryl methyl sites for hydroxylation is 1. The highest BCUT2D eigenvalue weighted by molar-refractivity contribution is 8.18. The van der Waals surface area contributed by atoms with Crippen LogP contribution in [0.5, 0.6) is 0 Å². The lowest BCUT2D eigenvalue weighted by Crippen LogP contribution is -2.17. The van der Waals surface area contributed by atoms with Gasteiger partial charge in [0, 0.05) is 5.56 Å². The maximum Gasteiger partial charge on any atom is 0.290 e. The van der Waals surface area contributed by atoms with E-state index in [1.54, 1.807) is 43.3 Å². The van der Waals surface area contributed by atoms with Crippen LogP contribution in [0, 0.1) is 12.7 Å². The number of hydrogen-bond acceptors (Lipinski definition) is 4. The van der Waals surface area contributed by atoms with Crippen molar-refractivity contribution in [2.24, 2.45) is 0 Å². The van der Waals surface area contributed by atoms with Crippen LogP contribution in [0.1, 0.15) is 21.5 Å². The molecule has 3 rings (SSSR count). The van der Waals surface area contributed by atoms with Crippen molar-refractivity contribution in [3.05, 3.63) is 69.9 Å². The van der Waals surface area contributed by atoms with Crippen LogP contribution in [0.3, 0.4) is 0 Å². The molecule has 0 aliphatic carbocycles. The number of thioether (sulfide) groups is 1. The summed E-state index contributed by atoms with van der Waals surface area (Å²) in [6.07, 6.45) is 1.56. The van der Waals surface area contributed by atoms with E-state index in [1.807, 2.05) is 0 Å². The molecular formula is C18H13FN2O3S. The first-order chi connectivity index (χ1) is 11.9. The molecule has 5 nitrogen and oxygen atoms in total. The van der Waals surface area contributed by atoms with Crippen LogP contribution in [0.25, 0.3) is 6.08 Å². The first-order valence-electron chi connectivity index (χ1n) is 7.35. The molecule has 1 heterocycles. The Morgan fingerprint density at radius 2 is 1.88 bits per heavy atom. The predicted molar refractivity (Wildman–Crippen MR) is 94.6 cm³/mol. The van der Waals surface area contributed by atoms with Crippen LogP contribution in [-0.2, 0) is 4.79 Å². The average molecular weight is 356 g/mol. The standard InChI is InChI=1S/C18H13FN2O3S/c1-10-2-7-14(13(19)8-10)20-16(22)12-5-3-11(4-6-12)9-15-17(23)21-18(24)25-15/h2-9H,1H3,(H,20,22)(H,21,23,24)/b15-9-. The minimum Gasteiger partial charge on any atom is -0.319 e. The van der Waals surface area contributed by atoms with Gasteiger partial charge in [-0.3, -0.25) is 19.7 Å². The van der Waals surface area contributed by atoms with E-state index in [4.69, 9.17) is 0 Å². The van der Waals surface area contributed by atoms with E-state index >= 15 is 0 Å². The number of rotatable bonds is 3. The Kier molecular flexibility index (Phi) is 4.67. The highest BCUT2D eigenvalue weighted by Gasteiger charge is 2.24. The molecule has 0 atom stereocenters. The fourth-order valence-corrected chi connectivity index (χ4v) is 2.90. The van der Waals surface area contributed by atoms with Crippen molar-refractivity contribution < 1.29 is 18.8 Å². The summed E-state index contributed by atoms with van der Waals surface area (Å²) >= 11 is 0.824. The van der Waals surface area contributed by atoms with Crippen molar-refractivity contribution in [3.8, 4) is 0 Å². The Morgan fingerprint density at radius 3 is 2.48 bits per heavy atom. The SMILES string of the molecule is Cc1ccc(NC(=O)c2ccc(/C=C3\SC(=O)NC3=O)cc2)c(F)c1. The zero-order valence-electron chi connectivity index (χ0n) is 13.1. The van der Waals surface area contributed by atoms with Crippen LogP contribution in [0.4, 0.5) is 14.9 Å². The van der Waals surface area contributed by atoms with Gasteiger partial charge in [0.25, 0.3) is 17.1 Å². The van der Waals surface area contributed by atoms with Gasteiger partial charge >= 0.3 is 0 Å². The van der Waals surface area contributed by atoms with Crippen LogP contribution in [0.2, 0.25) is 0 Å². The van der Waals surface area contributed by atoms with Crippen molar-refractivity contribution >= 4 is 40.6 Å². The second-order valence-electron chi connectivity index (χ2n) is 5.41. The lowest BCUT2D eigenvalue weighted by atomic mass is 10.1. The molecule has 2 aromatic carbocycles. The summed E-state index contributed by atoms with van der Waals surface area (Å²) in [5, 5.41) is 4.28. The van der Waals surface area contributed by atoms with Crippen LogP contribution in [-0.4, -0.2) is 17.1 Å². The number of amides is 3. The Bertz CT molecular complexity index is 907. The van der Waals surface area contributed by atoms with Gasteiger partial charge in [-0.1, -0.05) is 18.2 Å². The number of hydrogen-bond donors (Lipinski definition) is 2. The molecule has 0 bridgehead atoms. The number of carbonyl (C=O) groups is 3. The number of benzene rings is 2. The largest absolute Gasteiger partial charge is 0.319 e. The second-order valence-corrected chi connectivity index (χ2v) is 6.43. The molecule has 1 saturated heterocycles. The van der Waals surface area contributed by atoms with Gasteiger partial charge in [0.2, 0.25) is 0 Å². The van der Waals surface area contributed by atoms with Gasteiger partial charge in [0.1, 0.15) is 5.82 Å². The van der Waals surface area contributed by atoms with E-state index in [9.17, 15) is 18.8 Å². The third-order valence-corrected chi connectivity index (χ3v) is 4.30. The smallest absolute Gasteiger partial charge is 0.290 e. The van der Waals surface area contributed by atoms with E-state index in [0.29, 0.717) is 16.0 Å². The topological polar surface area (TPSA) is 75.3 Å². The van der Waals surface area contributed by atoms with E-state index in [-0.39, 0.29) is 5.69 Å². The monoisotopic (exact) mass is 356 g/mol. The Morgan fingerprint density at radius 1 is 1.16 bits per heavy atom. The molecule has 1 fully saturated rings. The zero-order chi connectivity index (χ0) is 18.0. The van der Waals surface area contributed by atoms with Crippen molar-refractivity contribution in [1.29, 1.82) is 0 Å². The van der Waals surface area contributed by atoms with Gasteiger partial charge in [0.05, 0.1) is 10.6 Å². The Labute approximate surface area is 147 Å². The highest BCUT2D eigenvalue weighted by Crippen LogP contribution is 2.25. The van der Waals surface area contributed by atoms with Crippen LogP contribution >= 0.6 is 11.8 Å². The number of carbonyl (C=O) groups excluding carboxylic acids is 3. The van der Waals surface area contributed by atoms with Crippen molar-refractivity contribution in [2.75, 3.05) is 5.32 Å². The molecule has 25 heavy (non-hydrogen) atoms. The lowest BCUT2D eigenvalue weighted by Gasteiger charge is -2.07. The lowest BCUT2D eigenvalue weighted by molar-refractivity contribution is -0.115. The molecular weight excluding hydrogens is 343 g/mol. The number of anilines is 1. The van der Waals surface area contributed by atoms with E-state index in [2.05, 4.69) is 10.6 Å². The number of nitrogens with one attached hydrogen (secondary N) is 2. The van der Waals surface area contributed by atoms with Gasteiger partial charge < -0.3 is 5.32 Å². The molecule has 0 unspecified atom stereocenters. The third-order valence-electron chi connectivity index (χ3n) is 3.49. The molecule has 3 amide bonds. The van der Waals surface area contributed by atoms with E-state index in [0.717, 1.165) is 17.3 Å². The van der Waals surface area contributed by atoms with Gasteiger partial charge in [-0.15, -0.1) is 0 Å². The molecule has 2 aromatic rings. The molecule has 0 radical (unpaired) electrons. The van der Waals surface area contributed by atoms with Gasteiger partial charge in [-0.25, -0.2) is 4.39 Å². The summed E-state index contributed by atoms with van der Waals surface area (Å²) in [5.74, 6) is -1.37. The molecule has 126 valence electrons. The number of imide groups is 1. The summed E-state index contributed by atoms with van der Waals surface area (Å²) in [7, 11) is 0. The van der Waals surface area contributed by atoms with Gasteiger partial charge in [-0.05, 0) is 60.2 Å².